The third-order valence-electron chi connectivity index (χ3n) is 4.49. The molecule has 0 amide bonds. The number of nitrogens with two attached hydrogens (primary N) is 1. The Morgan fingerprint density at radius 3 is 2.78 bits per heavy atom. The van der Waals surface area contributed by atoms with Crippen LogP contribution in [0.4, 0.5) is 5.82 Å². The quantitative estimate of drug-likeness (QED) is 0.508. The van der Waals surface area contributed by atoms with Crippen molar-refractivity contribution in [2.24, 2.45) is 0 Å². The predicted molar refractivity (Wildman–Crippen MR) is 78.4 cm³/mol. The van der Waals surface area contributed by atoms with Gasteiger partial charge in [0.2, 0.25) is 5.72 Å². The topological polar surface area (TPSA) is 140 Å². The summed E-state index contributed by atoms with van der Waals surface area (Å²) in [7, 11) is 0. The molecule has 1 aromatic heterocycles. The van der Waals surface area contributed by atoms with E-state index in [4.69, 9.17) is 15.2 Å². The molecule has 9 nitrogen and oxygen atoms in total. The molecule has 1 unspecified atom stereocenters. The van der Waals surface area contributed by atoms with E-state index in [0.717, 1.165) is 17.4 Å². The van der Waals surface area contributed by atoms with Crippen LogP contribution in [0.15, 0.2) is 17.1 Å². The summed E-state index contributed by atoms with van der Waals surface area (Å²) in [5.41, 5.74) is 3.15. The van der Waals surface area contributed by atoms with E-state index in [-0.39, 0.29) is 5.82 Å². The summed E-state index contributed by atoms with van der Waals surface area (Å²) >= 11 is 0. The maximum atomic E-state index is 12.3. The molecule has 1 aromatic rings. The summed E-state index contributed by atoms with van der Waals surface area (Å²) in [6, 6.07) is 1.40. The second-order valence-electron chi connectivity index (χ2n) is 5.89. The fraction of sp³-hybridized carbons (Fsp3) is 0.714. The van der Waals surface area contributed by atoms with Crippen molar-refractivity contribution in [3.63, 3.8) is 0 Å². The normalized spacial score (nSPS) is 37.9. The van der Waals surface area contributed by atoms with Crippen LogP contribution in [-0.4, -0.2) is 62.5 Å². The maximum absolute atomic E-state index is 12.3. The van der Waals surface area contributed by atoms with E-state index in [9.17, 15) is 20.1 Å². The van der Waals surface area contributed by atoms with Crippen molar-refractivity contribution in [3.05, 3.63) is 22.7 Å². The number of hydrogen-bond donors (Lipinski definition) is 4. The van der Waals surface area contributed by atoms with Gasteiger partial charge in [0.05, 0.1) is 6.61 Å². The number of ether oxygens (including phenoxy) is 2. The largest absolute Gasteiger partial charge is 0.394 e. The molecule has 0 bridgehead atoms. The summed E-state index contributed by atoms with van der Waals surface area (Å²) in [6.45, 7) is -0.0383. The van der Waals surface area contributed by atoms with Gasteiger partial charge in [-0.15, -0.1) is 0 Å². The van der Waals surface area contributed by atoms with Gasteiger partial charge in [-0.2, -0.15) is 4.98 Å². The van der Waals surface area contributed by atoms with Crippen LogP contribution in [0.2, 0.25) is 0 Å². The molecule has 0 aliphatic carbocycles. The van der Waals surface area contributed by atoms with Crippen molar-refractivity contribution in [3.8, 4) is 0 Å². The second kappa shape index (κ2) is 6.17. The lowest BCUT2D eigenvalue weighted by atomic mass is 9.92. The van der Waals surface area contributed by atoms with Crippen molar-refractivity contribution in [2.75, 3.05) is 18.9 Å². The lowest BCUT2D eigenvalue weighted by Crippen LogP contribution is -2.59. The van der Waals surface area contributed by atoms with Gasteiger partial charge in [0.1, 0.15) is 30.2 Å². The first-order chi connectivity index (χ1) is 11.0. The minimum Gasteiger partial charge on any atom is -0.394 e. The van der Waals surface area contributed by atoms with E-state index >= 15 is 0 Å². The zero-order valence-electron chi connectivity index (χ0n) is 12.5. The highest BCUT2D eigenvalue weighted by molar-refractivity contribution is 5.24. The lowest BCUT2D eigenvalue weighted by Gasteiger charge is -2.41. The minimum atomic E-state index is -1.65. The van der Waals surface area contributed by atoms with Crippen molar-refractivity contribution < 1.29 is 24.8 Å². The maximum Gasteiger partial charge on any atom is 0.352 e. The molecule has 0 saturated carbocycles. The first-order valence-electron chi connectivity index (χ1n) is 7.62. The zero-order valence-corrected chi connectivity index (χ0v) is 12.5. The van der Waals surface area contributed by atoms with Crippen LogP contribution in [0.3, 0.4) is 0 Å². The van der Waals surface area contributed by atoms with Crippen LogP contribution in [-0.2, 0) is 15.2 Å². The molecule has 2 aliphatic rings. The van der Waals surface area contributed by atoms with Gasteiger partial charge in [0, 0.05) is 12.8 Å². The number of nitrogens with zero attached hydrogens (tertiary/aromatic N) is 2. The molecule has 23 heavy (non-hydrogen) atoms. The Balaban J connectivity index is 2.12. The Morgan fingerprint density at radius 2 is 2.22 bits per heavy atom. The Kier molecular flexibility index (Phi) is 4.39. The Hall–Kier alpha value is -1.52. The van der Waals surface area contributed by atoms with E-state index in [0.29, 0.717) is 13.0 Å². The first kappa shape index (κ1) is 16.3. The Morgan fingerprint density at radius 1 is 1.43 bits per heavy atom. The lowest BCUT2D eigenvalue weighted by molar-refractivity contribution is -0.232. The standard InChI is InChI=1S/C14H21N3O6/c15-10-4-5-17(13(21)16-10)14(9-3-1-2-6-22-9)12(20)11(19)8(7-18)23-14/h4-5,8-9,11-12,18-20H,1-3,6-7H2,(H2,15,16,21)/t8-,9?,11-,12-,14-/m1/s1. The summed E-state index contributed by atoms with van der Waals surface area (Å²) in [5.74, 6) is 0.0395. The number of aromatic nitrogens is 2. The molecule has 0 aromatic carbocycles. The molecular weight excluding hydrogens is 306 g/mol. The molecule has 3 rings (SSSR count). The van der Waals surface area contributed by atoms with Gasteiger partial charge in [0.25, 0.3) is 0 Å². The average molecular weight is 327 g/mol. The molecule has 5 N–H and O–H groups in total. The van der Waals surface area contributed by atoms with Crippen LogP contribution in [0.1, 0.15) is 19.3 Å². The molecule has 0 radical (unpaired) electrons. The number of anilines is 1. The highest BCUT2D eigenvalue weighted by Gasteiger charge is 2.60. The highest BCUT2D eigenvalue weighted by Crippen LogP contribution is 2.41. The van der Waals surface area contributed by atoms with Crippen molar-refractivity contribution in [1.29, 1.82) is 0 Å². The second-order valence-corrected chi connectivity index (χ2v) is 5.89. The summed E-state index contributed by atoms with van der Waals surface area (Å²) in [5, 5.41) is 30.2. The molecule has 2 aliphatic heterocycles. The SMILES string of the molecule is Nc1ccn([C@]2(C3CCCCO3)O[C@H](CO)[C@@H](O)[C@H]2O)c(=O)n1. The predicted octanol–water partition coefficient (Wildman–Crippen LogP) is -1.84. The monoisotopic (exact) mass is 327 g/mol. The molecule has 5 atom stereocenters. The molecule has 3 heterocycles. The molecule has 9 heteroatoms. The average Bonchev–Trinajstić information content (AvgIpc) is 2.81. The van der Waals surface area contributed by atoms with Crippen LogP contribution in [0, 0.1) is 0 Å². The number of aliphatic hydroxyl groups excluding tert-OH is 3. The Labute approximate surface area is 132 Å². The molecule has 2 fully saturated rings. The fourth-order valence-electron chi connectivity index (χ4n) is 3.35. The van der Waals surface area contributed by atoms with E-state index in [1.54, 1.807) is 0 Å². The van der Waals surface area contributed by atoms with Gasteiger partial charge in [-0.3, -0.25) is 4.57 Å². The van der Waals surface area contributed by atoms with Gasteiger partial charge in [-0.05, 0) is 25.3 Å². The number of hydrogen-bond acceptors (Lipinski definition) is 8. The van der Waals surface area contributed by atoms with Crippen LogP contribution < -0.4 is 11.4 Å². The van der Waals surface area contributed by atoms with E-state index in [1.807, 2.05) is 0 Å². The van der Waals surface area contributed by atoms with Crippen LogP contribution >= 0.6 is 0 Å². The molecule has 0 spiro atoms. The number of aliphatic hydroxyl groups is 3. The Bertz CT molecular complexity index is 617. The summed E-state index contributed by atoms with van der Waals surface area (Å²) in [4.78, 5) is 16.0. The van der Waals surface area contributed by atoms with Gasteiger partial charge in [-0.1, -0.05) is 0 Å². The van der Waals surface area contributed by atoms with Crippen molar-refractivity contribution in [1.82, 2.24) is 9.55 Å². The first-order valence-corrected chi connectivity index (χ1v) is 7.62. The van der Waals surface area contributed by atoms with E-state index < -0.39 is 42.4 Å². The van der Waals surface area contributed by atoms with Gasteiger partial charge >= 0.3 is 5.69 Å². The van der Waals surface area contributed by atoms with Gasteiger partial charge in [-0.25, -0.2) is 4.79 Å². The molecule has 128 valence electrons. The number of rotatable bonds is 3. The number of nitrogen functional groups attached to an aromatic ring is 1. The molecule has 2 saturated heterocycles. The smallest absolute Gasteiger partial charge is 0.352 e. The fourth-order valence-corrected chi connectivity index (χ4v) is 3.35. The van der Waals surface area contributed by atoms with Gasteiger partial charge < -0.3 is 30.5 Å². The van der Waals surface area contributed by atoms with Gasteiger partial charge in [0.15, 0.2) is 0 Å². The van der Waals surface area contributed by atoms with Crippen LogP contribution in [0.5, 0.6) is 0 Å². The van der Waals surface area contributed by atoms with Crippen molar-refractivity contribution in [2.45, 2.75) is 49.4 Å². The molecular formula is C14H21N3O6. The van der Waals surface area contributed by atoms with Crippen molar-refractivity contribution >= 4 is 5.82 Å². The van der Waals surface area contributed by atoms with E-state index in [2.05, 4.69) is 4.98 Å². The highest BCUT2D eigenvalue weighted by atomic mass is 16.6. The third-order valence-corrected chi connectivity index (χ3v) is 4.49. The zero-order chi connectivity index (χ0) is 16.6. The van der Waals surface area contributed by atoms with E-state index in [1.165, 1.54) is 12.3 Å². The summed E-state index contributed by atoms with van der Waals surface area (Å²) < 4.78 is 12.6. The summed E-state index contributed by atoms with van der Waals surface area (Å²) in [6.07, 6.45) is -0.887. The third kappa shape index (κ3) is 2.54. The minimum absolute atomic E-state index is 0.0395. The van der Waals surface area contributed by atoms with Crippen LogP contribution in [0.25, 0.3) is 0 Å².